The minimum absolute atomic E-state index is 0.0788. The molecule has 6 heteroatoms. The highest BCUT2D eigenvalue weighted by molar-refractivity contribution is 7.98. The minimum Gasteiger partial charge on any atom is -0.466 e. The molecule has 1 heterocycles. The summed E-state index contributed by atoms with van der Waals surface area (Å²) in [4.78, 5) is 26.8. The summed E-state index contributed by atoms with van der Waals surface area (Å²) in [5.41, 5.74) is 0.787. The number of rotatable bonds is 4. The molecule has 1 aliphatic rings. The number of carbonyl (C=O) groups is 2. The maximum absolute atomic E-state index is 12.2. The van der Waals surface area contributed by atoms with Crippen LogP contribution in [-0.2, 0) is 9.53 Å². The number of urea groups is 1. The van der Waals surface area contributed by atoms with Gasteiger partial charge in [0, 0.05) is 23.7 Å². The molecular weight excluding hydrogens is 300 g/mol. The van der Waals surface area contributed by atoms with Crippen molar-refractivity contribution in [2.75, 3.05) is 31.3 Å². The smallest absolute Gasteiger partial charge is 0.321 e. The number of nitrogens with zero attached hydrogens (tertiary/aromatic N) is 1. The van der Waals surface area contributed by atoms with Crippen LogP contribution in [0.4, 0.5) is 10.5 Å². The largest absolute Gasteiger partial charge is 0.466 e. The van der Waals surface area contributed by atoms with E-state index in [1.165, 1.54) is 0 Å². The SMILES string of the molecule is CCOC(=O)C1CCN(C(=O)Nc2ccc(SC)cc2)CC1. The number of amides is 2. The van der Waals surface area contributed by atoms with Crippen LogP contribution in [-0.4, -0.2) is 42.9 Å². The van der Waals surface area contributed by atoms with E-state index in [0.717, 1.165) is 10.6 Å². The molecule has 0 aromatic heterocycles. The summed E-state index contributed by atoms with van der Waals surface area (Å²) < 4.78 is 5.03. The van der Waals surface area contributed by atoms with Crippen molar-refractivity contribution in [2.45, 2.75) is 24.7 Å². The second-order valence-electron chi connectivity index (χ2n) is 5.17. The lowest BCUT2D eigenvalue weighted by molar-refractivity contribution is -0.149. The lowest BCUT2D eigenvalue weighted by Gasteiger charge is -2.30. The Morgan fingerprint density at radius 1 is 1.27 bits per heavy atom. The molecule has 0 aliphatic carbocycles. The van der Waals surface area contributed by atoms with Gasteiger partial charge in [0.2, 0.25) is 0 Å². The van der Waals surface area contributed by atoms with Crippen LogP contribution < -0.4 is 5.32 Å². The number of anilines is 1. The van der Waals surface area contributed by atoms with Gasteiger partial charge in [-0.25, -0.2) is 4.79 Å². The maximum atomic E-state index is 12.2. The van der Waals surface area contributed by atoms with E-state index in [4.69, 9.17) is 4.74 Å². The molecule has 2 amide bonds. The molecule has 22 heavy (non-hydrogen) atoms. The number of hydrogen-bond donors (Lipinski definition) is 1. The Morgan fingerprint density at radius 2 is 1.91 bits per heavy atom. The quantitative estimate of drug-likeness (QED) is 0.683. The number of thioether (sulfide) groups is 1. The van der Waals surface area contributed by atoms with Gasteiger partial charge in [0.1, 0.15) is 0 Å². The van der Waals surface area contributed by atoms with E-state index < -0.39 is 0 Å². The van der Waals surface area contributed by atoms with Crippen molar-refractivity contribution < 1.29 is 14.3 Å². The van der Waals surface area contributed by atoms with Crippen molar-refractivity contribution in [3.05, 3.63) is 24.3 Å². The summed E-state index contributed by atoms with van der Waals surface area (Å²) in [6.07, 6.45) is 3.34. The Kier molecular flexibility index (Phi) is 6.12. The molecule has 1 aliphatic heterocycles. The van der Waals surface area contributed by atoms with Gasteiger partial charge in [-0.1, -0.05) is 0 Å². The van der Waals surface area contributed by atoms with E-state index in [1.807, 2.05) is 37.4 Å². The van der Waals surface area contributed by atoms with Gasteiger partial charge in [-0.2, -0.15) is 0 Å². The summed E-state index contributed by atoms with van der Waals surface area (Å²) in [5, 5.41) is 2.89. The van der Waals surface area contributed by atoms with Crippen LogP contribution >= 0.6 is 11.8 Å². The summed E-state index contributed by atoms with van der Waals surface area (Å²) >= 11 is 1.66. The van der Waals surface area contributed by atoms with E-state index in [2.05, 4.69) is 5.32 Å². The second-order valence-corrected chi connectivity index (χ2v) is 6.05. The van der Waals surface area contributed by atoms with E-state index in [1.54, 1.807) is 16.7 Å². The van der Waals surface area contributed by atoms with E-state index >= 15 is 0 Å². The molecule has 0 spiro atoms. The summed E-state index contributed by atoms with van der Waals surface area (Å²) in [6, 6.07) is 7.64. The molecule has 0 unspecified atom stereocenters. The van der Waals surface area contributed by atoms with Gasteiger partial charge in [-0.3, -0.25) is 4.79 Å². The van der Waals surface area contributed by atoms with Gasteiger partial charge in [0.05, 0.1) is 12.5 Å². The Bertz CT molecular complexity index is 511. The molecule has 1 N–H and O–H groups in total. The summed E-state index contributed by atoms with van der Waals surface area (Å²) in [5.74, 6) is -0.222. The Balaban J connectivity index is 1.83. The topological polar surface area (TPSA) is 58.6 Å². The molecule has 1 aromatic rings. The number of carbonyl (C=O) groups excluding carboxylic acids is 2. The normalized spacial score (nSPS) is 15.5. The average molecular weight is 322 g/mol. The van der Waals surface area contributed by atoms with Crippen LogP contribution in [0.5, 0.6) is 0 Å². The molecule has 0 saturated carbocycles. The predicted octanol–water partition coefficient (Wildman–Crippen LogP) is 3.22. The van der Waals surface area contributed by atoms with Crippen LogP contribution in [0, 0.1) is 5.92 Å². The van der Waals surface area contributed by atoms with Crippen LogP contribution in [0.3, 0.4) is 0 Å². The van der Waals surface area contributed by atoms with Crippen molar-refractivity contribution in [1.82, 2.24) is 4.90 Å². The van der Waals surface area contributed by atoms with Gasteiger partial charge >= 0.3 is 12.0 Å². The number of piperidine rings is 1. The summed E-state index contributed by atoms with van der Waals surface area (Å²) in [6.45, 7) is 3.38. The molecule has 5 nitrogen and oxygen atoms in total. The minimum atomic E-state index is -0.143. The van der Waals surface area contributed by atoms with Crippen LogP contribution in [0.1, 0.15) is 19.8 Å². The molecule has 120 valence electrons. The van der Waals surface area contributed by atoms with Gasteiger partial charge in [0.25, 0.3) is 0 Å². The van der Waals surface area contributed by atoms with Crippen molar-refractivity contribution in [3.8, 4) is 0 Å². The fourth-order valence-electron chi connectivity index (χ4n) is 2.46. The Morgan fingerprint density at radius 3 is 2.45 bits per heavy atom. The molecule has 1 fully saturated rings. The molecule has 1 saturated heterocycles. The van der Waals surface area contributed by atoms with Crippen LogP contribution in [0.15, 0.2) is 29.2 Å². The Hall–Kier alpha value is -1.69. The van der Waals surface area contributed by atoms with E-state index in [9.17, 15) is 9.59 Å². The number of benzene rings is 1. The highest BCUT2D eigenvalue weighted by Gasteiger charge is 2.28. The third-order valence-corrected chi connectivity index (χ3v) is 4.49. The van der Waals surface area contributed by atoms with E-state index in [0.29, 0.717) is 32.5 Å². The number of ether oxygens (including phenoxy) is 1. The van der Waals surface area contributed by atoms with Gasteiger partial charge in [0.15, 0.2) is 0 Å². The third kappa shape index (κ3) is 4.40. The molecule has 0 radical (unpaired) electrons. The summed E-state index contributed by atoms with van der Waals surface area (Å²) in [7, 11) is 0. The van der Waals surface area contributed by atoms with E-state index in [-0.39, 0.29) is 17.9 Å². The number of hydrogen-bond acceptors (Lipinski definition) is 4. The van der Waals surface area contributed by atoms with Gasteiger partial charge in [-0.05, 0) is 50.3 Å². The van der Waals surface area contributed by atoms with Gasteiger partial charge in [-0.15, -0.1) is 11.8 Å². The maximum Gasteiger partial charge on any atom is 0.321 e. The monoisotopic (exact) mass is 322 g/mol. The van der Waals surface area contributed by atoms with Crippen LogP contribution in [0.2, 0.25) is 0 Å². The third-order valence-electron chi connectivity index (χ3n) is 3.74. The molecule has 0 bridgehead atoms. The molecular formula is C16H22N2O3S. The van der Waals surface area contributed by atoms with Crippen molar-refractivity contribution in [2.24, 2.45) is 5.92 Å². The zero-order valence-electron chi connectivity index (χ0n) is 13.0. The van der Waals surface area contributed by atoms with Crippen molar-refractivity contribution in [3.63, 3.8) is 0 Å². The predicted molar refractivity (Wildman–Crippen MR) is 88.2 cm³/mol. The number of nitrogens with one attached hydrogen (secondary N) is 1. The molecule has 0 atom stereocenters. The highest BCUT2D eigenvalue weighted by atomic mass is 32.2. The number of esters is 1. The zero-order chi connectivity index (χ0) is 15.9. The zero-order valence-corrected chi connectivity index (χ0v) is 13.8. The van der Waals surface area contributed by atoms with Crippen LogP contribution in [0.25, 0.3) is 0 Å². The first-order valence-electron chi connectivity index (χ1n) is 7.50. The fourth-order valence-corrected chi connectivity index (χ4v) is 2.86. The Labute approximate surface area is 135 Å². The lowest BCUT2D eigenvalue weighted by atomic mass is 9.97. The second kappa shape index (κ2) is 8.08. The van der Waals surface area contributed by atoms with Crippen molar-refractivity contribution >= 4 is 29.4 Å². The molecule has 2 rings (SSSR count). The average Bonchev–Trinajstić information content (AvgIpc) is 2.56. The number of likely N-dealkylation sites (tertiary alicyclic amines) is 1. The highest BCUT2D eigenvalue weighted by Crippen LogP contribution is 2.21. The lowest BCUT2D eigenvalue weighted by Crippen LogP contribution is -2.42. The fraction of sp³-hybridized carbons (Fsp3) is 0.500. The first kappa shape index (κ1) is 16.7. The molecule has 1 aromatic carbocycles. The van der Waals surface area contributed by atoms with Crippen molar-refractivity contribution in [1.29, 1.82) is 0 Å². The standard InChI is InChI=1S/C16H22N2O3S/c1-3-21-15(19)12-8-10-18(11-9-12)16(20)17-13-4-6-14(22-2)7-5-13/h4-7,12H,3,8-11H2,1-2H3,(H,17,20). The van der Waals surface area contributed by atoms with Gasteiger partial charge < -0.3 is 15.0 Å². The first-order valence-corrected chi connectivity index (χ1v) is 8.73. The first-order chi connectivity index (χ1) is 10.6.